The van der Waals surface area contributed by atoms with Gasteiger partial charge in [-0.3, -0.25) is 4.98 Å². The molecule has 1 aromatic heterocycles. The Labute approximate surface area is 214 Å². The second kappa shape index (κ2) is 12.3. The van der Waals surface area contributed by atoms with E-state index in [9.17, 15) is 13.9 Å². The van der Waals surface area contributed by atoms with E-state index in [1.165, 1.54) is 19.4 Å². The molecule has 0 unspecified atom stereocenters. The lowest BCUT2D eigenvalue weighted by atomic mass is 9.89. The predicted molar refractivity (Wildman–Crippen MR) is 136 cm³/mol. The number of hydrogen-bond donors (Lipinski definition) is 2. The van der Waals surface area contributed by atoms with E-state index in [2.05, 4.69) is 10.3 Å². The van der Waals surface area contributed by atoms with Gasteiger partial charge in [-0.15, -0.1) is 0 Å². The molecule has 4 nitrogen and oxygen atoms in total. The van der Waals surface area contributed by atoms with E-state index in [0.29, 0.717) is 35.9 Å². The number of benzene rings is 2. The van der Waals surface area contributed by atoms with E-state index >= 15 is 4.39 Å². The van der Waals surface area contributed by atoms with Crippen LogP contribution in [0.4, 0.5) is 13.2 Å². The molecule has 0 amide bonds. The van der Waals surface area contributed by atoms with Crippen LogP contribution in [0.2, 0.25) is 5.02 Å². The lowest BCUT2D eigenvalue weighted by Gasteiger charge is -2.27. The molecule has 194 valence electrons. The van der Waals surface area contributed by atoms with Crippen LogP contribution in [0.25, 0.3) is 10.9 Å². The fourth-order valence-corrected chi connectivity index (χ4v) is 5.29. The number of nitrogens with one attached hydrogen (secondary N) is 1. The molecule has 0 radical (unpaired) electrons. The van der Waals surface area contributed by atoms with Crippen molar-refractivity contribution < 1.29 is 23.0 Å². The number of nitrogens with zero attached hydrogens (tertiary/aromatic N) is 1. The van der Waals surface area contributed by atoms with Crippen LogP contribution in [0, 0.1) is 17.6 Å². The van der Waals surface area contributed by atoms with Crippen LogP contribution in [-0.2, 0) is 12.8 Å². The molecular formula is C28H32ClF3N2O2. The standard InChI is InChI=1S/C28H32ClF3N2O2/c1-36-20-8-10-24-21(15-20)26(22(29)16-34-24)23(30)9-7-19-6-5-18(27(31)28(19)32)3-2-4-25(35)17-11-13-33-14-12-17/h5-6,8,10,15-17,23,25,33,35H,2-4,7,9,11-14H2,1H3/t23-,25+/m1/s1. The number of rotatable bonds is 10. The number of aromatic nitrogens is 1. The number of methoxy groups -OCH3 is 1. The minimum absolute atomic E-state index is 0.0166. The van der Waals surface area contributed by atoms with Gasteiger partial charge in [0.05, 0.1) is 23.8 Å². The highest BCUT2D eigenvalue weighted by atomic mass is 35.5. The normalized spacial score (nSPS) is 16.3. The summed E-state index contributed by atoms with van der Waals surface area (Å²) < 4.78 is 50.2. The summed E-state index contributed by atoms with van der Waals surface area (Å²) in [5.41, 5.74) is 1.25. The van der Waals surface area contributed by atoms with Gasteiger partial charge in [-0.1, -0.05) is 23.7 Å². The second-order valence-electron chi connectivity index (χ2n) is 9.47. The molecule has 1 aliphatic rings. The third-order valence-electron chi connectivity index (χ3n) is 7.16. The first-order valence-electron chi connectivity index (χ1n) is 12.5. The van der Waals surface area contributed by atoms with Crippen LogP contribution in [0.1, 0.15) is 55.0 Å². The molecule has 36 heavy (non-hydrogen) atoms. The Morgan fingerprint density at radius 3 is 2.47 bits per heavy atom. The summed E-state index contributed by atoms with van der Waals surface area (Å²) in [4.78, 5) is 4.23. The smallest absolute Gasteiger partial charge is 0.162 e. The summed E-state index contributed by atoms with van der Waals surface area (Å²) in [5, 5.41) is 14.4. The maximum atomic E-state index is 15.4. The summed E-state index contributed by atoms with van der Waals surface area (Å²) in [5.74, 6) is -1.02. The number of aliphatic hydroxyl groups excluding tert-OH is 1. The Kier molecular flexibility index (Phi) is 9.09. The van der Waals surface area contributed by atoms with Gasteiger partial charge in [0.1, 0.15) is 11.9 Å². The first kappa shape index (κ1) is 26.7. The van der Waals surface area contributed by atoms with Crippen LogP contribution in [0.15, 0.2) is 36.5 Å². The first-order chi connectivity index (χ1) is 17.4. The number of fused-ring (bicyclic) bond motifs is 1. The quantitative estimate of drug-likeness (QED) is 0.320. The molecule has 4 rings (SSSR count). The Morgan fingerprint density at radius 2 is 1.78 bits per heavy atom. The van der Waals surface area contributed by atoms with Gasteiger partial charge in [0.2, 0.25) is 0 Å². The van der Waals surface area contributed by atoms with Crippen molar-refractivity contribution in [3.8, 4) is 5.75 Å². The number of aryl methyl sites for hydroxylation is 2. The zero-order chi connectivity index (χ0) is 25.7. The molecule has 0 saturated carbocycles. The highest BCUT2D eigenvalue weighted by Crippen LogP contribution is 2.36. The number of alkyl halides is 1. The Bertz CT molecular complexity index is 1190. The van der Waals surface area contributed by atoms with Crippen LogP contribution in [-0.4, -0.2) is 36.4 Å². The van der Waals surface area contributed by atoms with E-state index in [1.54, 1.807) is 24.3 Å². The zero-order valence-corrected chi connectivity index (χ0v) is 21.1. The second-order valence-corrected chi connectivity index (χ2v) is 9.88. The summed E-state index contributed by atoms with van der Waals surface area (Å²) in [6.45, 7) is 1.81. The number of pyridine rings is 1. The summed E-state index contributed by atoms with van der Waals surface area (Å²) in [6, 6.07) is 8.22. The summed E-state index contributed by atoms with van der Waals surface area (Å²) in [7, 11) is 1.52. The van der Waals surface area contributed by atoms with Gasteiger partial charge in [-0.05, 0) is 93.3 Å². The van der Waals surface area contributed by atoms with Crippen LogP contribution >= 0.6 is 11.6 Å². The van der Waals surface area contributed by atoms with E-state index < -0.39 is 23.9 Å². The van der Waals surface area contributed by atoms with Crippen molar-refractivity contribution in [3.05, 3.63) is 69.9 Å². The molecule has 2 atom stereocenters. The fourth-order valence-electron chi connectivity index (χ4n) is 5.02. The third-order valence-corrected chi connectivity index (χ3v) is 7.47. The van der Waals surface area contributed by atoms with Crippen molar-refractivity contribution in [2.24, 2.45) is 5.92 Å². The van der Waals surface area contributed by atoms with Crippen LogP contribution in [0.3, 0.4) is 0 Å². The SMILES string of the molecule is COc1ccc2ncc(Cl)c([C@H](F)CCc3ccc(CCC[C@H](O)C4CCNCC4)c(F)c3F)c2c1. The number of halogens is 4. The fraction of sp³-hybridized carbons (Fsp3) is 0.464. The number of aliphatic hydroxyl groups is 1. The molecule has 2 heterocycles. The van der Waals surface area contributed by atoms with Gasteiger partial charge in [0.25, 0.3) is 0 Å². The average molecular weight is 521 g/mol. The molecule has 1 aliphatic heterocycles. The minimum Gasteiger partial charge on any atom is -0.497 e. The van der Waals surface area contributed by atoms with E-state index in [-0.39, 0.29) is 40.5 Å². The molecule has 2 N–H and O–H groups in total. The molecule has 0 spiro atoms. The van der Waals surface area contributed by atoms with Crippen molar-refractivity contribution in [1.29, 1.82) is 0 Å². The Morgan fingerprint density at radius 1 is 1.08 bits per heavy atom. The molecule has 1 fully saturated rings. The van der Waals surface area contributed by atoms with Gasteiger partial charge in [-0.2, -0.15) is 0 Å². The van der Waals surface area contributed by atoms with Gasteiger partial charge in [0.15, 0.2) is 11.6 Å². The van der Waals surface area contributed by atoms with Crippen molar-refractivity contribution in [2.75, 3.05) is 20.2 Å². The summed E-state index contributed by atoms with van der Waals surface area (Å²) >= 11 is 6.27. The molecule has 2 aromatic carbocycles. The molecule has 8 heteroatoms. The van der Waals surface area contributed by atoms with Gasteiger partial charge in [-0.25, -0.2) is 13.2 Å². The van der Waals surface area contributed by atoms with Crippen molar-refractivity contribution in [1.82, 2.24) is 10.3 Å². The average Bonchev–Trinajstić information content (AvgIpc) is 2.90. The summed E-state index contributed by atoms with van der Waals surface area (Å²) in [6.07, 6.45) is 2.78. The van der Waals surface area contributed by atoms with Crippen molar-refractivity contribution in [2.45, 2.75) is 57.2 Å². The van der Waals surface area contributed by atoms with Gasteiger partial charge < -0.3 is 15.2 Å². The number of piperidine rings is 1. The molecule has 0 aliphatic carbocycles. The maximum absolute atomic E-state index is 15.4. The van der Waals surface area contributed by atoms with E-state index in [4.69, 9.17) is 16.3 Å². The lowest BCUT2D eigenvalue weighted by Crippen LogP contribution is -2.34. The van der Waals surface area contributed by atoms with Gasteiger partial charge >= 0.3 is 0 Å². The highest BCUT2D eigenvalue weighted by molar-refractivity contribution is 6.32. The lowest BCUT2D eigenvalue weighted by molar-refractivity contribution is 0.0792. The largest absolute Gasteiger partial charge is 0.497 e. The minimum atomic E-state index is -1.49. The highest BCUT2D eigenvalue weighted by Gasteiger charge is 2.23. The molecule has 3 aromatic rings. The topological polar surface area (TPSA) is 54.4 Å². The van der Waals surface area contributed by atoms with E-state index in [1.807, 2.05) is 0 Å². The monoisotopic (exact) mass is 520 g/mol. The third kappa shape index (κ3) is 6.13. The number of ether oxygens (including phenoxy) is 1. The first-order valence-corrected chi connectivity index (χ1v) is 12.9. The molecular weight excluding hydrogens is 489 g/mol. The van der Waals surface area contributed by atoms with Gasteiger partial charge in [0, 0.05) is 17.1 Å². The van der Waals surface area contributed by atoms with E-state index in [0.717, 1.165) is 25.9 Å². The van der Waals surface area contributed by atoms with Crippen molar-refractivity contribution >= 4 is 22.5 Å². The number of hydrogen-bond acceptors (Lipinski definition) is 4. The van der Waals surface area contributed by atoms with Crippen molar-refractivity contribution in [3.63, 3.8) is 0 Å². The maximum Gasteiger partial charge on any atom is 0.162 e. The predicted octanol–water partition coefficient (Wildman–Crippen LogP) is 6.50. The Hall–Kier alpha value is -2.35. The molecule has 0 bridgehead atoms. The molecule has 1 saturated heterocycles. The zero-order valence-electron chi connectivity index (χ0n) is 20.4. The van der Waals surface area contributed by atoms with Crippen LogP contribution < -0.4 is 10.1 Å². The van der Waals surface area contributed by atoms with Crippen LogP contribution in [0.5, 0.6) is 5.75 Å². The Balaban J connectivity index is 1.39.